The van der Waals surface area contributed by atoms with Crippen molar-refractivity contribution in [3.63, 3.8) is 0 Å². The fraction of sp³-hybridized carbons (Fsp3) is 0.381. The molecule has 12 heteroatoms. The molecule has 4 rings (SSSR count). The summed E-state index contributed by atoms with van der Waals surface area (Å²) in [6.07, 6.45) is -3.57. The van der Waals surface area contributed by atoms with Crippen molar-refractivity contribution in [3.8, 4) is 11.8 Å². The molecule has 3 heterocycles. The summed E-state index contributed by atoms with van der Waals surface area (Å²) in [7, 11) is 1.38. The van der Waals surface area contributed by atoms with Crippen molar-refractivity contribution in [2.24, 2.45) is 5.10 Å². The number of benzene rings is 1. The van der Waals surface area contributed by atoms with Crippen LogP contribution >= 0.6 is 0 Å². The number of carbonyl (C=O) groups is 1. The number of guanidine groups is 1. The quantitative estimate of drug-likeness (QED) is 0.691. The van der Waals surface area contributed by atoms with Gasteiger partial charge in [0.25, 0.3) is 0 Å². The van der Waals surface area contributed by atoms with Crippen molar-refractivity contribution in [3.05, 3.63) is 53.9 Å². The Morgan fingerprint density at radius 1 is 1.33 bits per heavy atom. The van der Waals surface area contributed by atoms with Gasteiger partial charge in [-0.1, -0.05) is 18.2 Å². The molecule has 0 radical (unpaired) electrons. The SMILES string of the molecule is C=CCN1C(N2CCOCC2)=NN2C(=O)N[C@](c3ccc(OC)cc3)(C(F)(F)F)C(C#N)=C12. The fourth-order valence-electron chi connectivity index (χ4n) is 4.09. The number of morpholine rings is 1. The smallest absolute Gasteiger partial charge is 0.421 e. The molecule has 1 fully saturated rings. The van der Waals surface area contributed by atoms with E-state index >= 15 is 0 Å². The average Bonchev–Trinajstić information content (AvgIpc) is 3.19. The van der Waals surface area contributed by atoms with Crippen LogP contribution in [0.2, 0.25) is 0 Å². The van der Waals surface area contributed by atoms with Gasteiger partial charge < -0.3 is 19.7 Å². The Balaban J connectivity index is 1.94. The highest BCUT2D eigenvalue weighted by molar-refractivity contribution is 5.91. The topological polar surface area (TPSA) is 93.4 Å². The van der Waals surface area contributed by atoms with Gasteiger partial charge in [0.05, 0.1) is 20.3 Å². The summed E-state index contributed by atoms with van der Waals surface area (Å²) in [5.41, 5.74) is -4.10. The molecule has 174 valence electrons. The summed E-state index contributed by atoms with van der Waals surface area (Å²) in [5, 5.41) is 17.1. The third-order valence-electron chi connectivity index (χ3n) is 5.64. The highest BCUT2D eigenvalue weighted by Gasteiger charge is 2.65. The molecule has 1 atom stereocenters. The van der Waals surface area contributed by atoms with Crippen molar-refractivity contribution in [2.45, 2.75) is 11.7 Å². The van der Waals surface area contributed by atoms with Crippen molar-refractivity contribution in [1.29, 1.82) is 5.26 Å². The maximum Gasteiger partial charge on any atom is 0.421 e. The van der Waals surface area contributed by atoms with Crippen molar-refractivity contribution < 1.29 is 27.4 Å². The van der Waals surface area contributed by atoms with Crippen LogP contribution in [0.25, 0.3) is 0 Å². The summed E-state index contributed by atoms with van der Waals surface area (Å²) in [6, 6.07) is 5.64. The van der Waals surface area contributed by atoms with Crippen LogP contribution in [-0.2, 0) is 10.3 Å². The summed E-state index contributed by atoms with van der Waals surface area (Å²) in [6.45, 7) is 5.37. The largest absolute Gasteiger partial charge is 0.497 e. The molecule has 1 N–H and O–H groups in total. The lowest BCUT2D eigenvalue weighted by atomic mass is 9.80. The predicted molar refractivity (Wildman–Crippen MR) is 110 cm³/mol. The van der Waals surface area contributed by atoms with Crippen LogP contribution in [0.15, 0.2) is 53.4 Å². The third-order valence-corrected chi connectivity index (χ3v) is 5.64. The number of hydrogen-bond donors (Lipinski definition) is 1. The van der Waals surface area contributed by atoms with Gasteiger partial charge in [-0.25, -0.2) is 4.79 Å². The number of halogens is 3. The first kappa shape index (κ1) is 22.5. The van der Waals surface area contributed by atoms with Crippen molar-refractivity contribution >= 4 is 12.0 Å². The highest BCUT2D eigenvalue weighted by atomic mass is 19.4. The molecule has 1 saturated heterocycles. The van der Waals surface area contributed by atoms with E-state index in [0.717, 1.165) is 5.01 Å². The van der Waals surface area contributed by atoms with E-state index in [1.807, 2.05) is 5.32 Å². The summed E-state index contributed by atoms with van der Waals surface area (Å²) in [4.78, 5) is 16.2. The Morgan fingerprint density at radius 2 is 2.00 bits per heavy atom. The van der Waals surface area contributed by atoms with Crippen molar-refractivity contribution in [2.75, 3.05) is 40.0 Å². The number of methoxy groups -OCH3 is 1. The van der Waals surface area contributed by atoms with Gasteiger partial charge in [0.1, 0.15) is 17.4 Å². The lowest BCUT2D eigenvalue weighted by Gasteiger charge is -2.42. The molecule has 1 aromatic rings. The lowest BCUT2D eigenvalue weighted by Crippen LogP contribution is -2.63. The standard InChI is InChI=1S/C21H21F3N6O3/c1-3-8-29-17-16(13-25)20(21(22,23)24,14-4-6-15(32-2)7-5-14)26-19(31)30(17)27-18(29)28-9-11-33-12-10-28/h3-7H,1,8-12H2,2H3,(H,26,31)/t20-/m0/s1. The molecule has 9 nitrogen and oxygen atoms in total. The number of hydrazone groups is 1. The number of nitriles is 1. The summed E-state index contributed by atoms with van der Waals surface area (Å²) < 4.78 is 54.6. The van der Waals surface area contributed by atoms with Crippen LogP contribution in [0, 0.1) is 11.3 Å². The molecule has 3 aliphatic heterocycles. The number of rotatable bonds is 4. The van der Waals surface area contributed by atoms with Gasteiger partial charge >= 0.3 is 12.2 Å². The molecule has 2 amide bonds. The molecule has 3 aliphatic rings. The van der Waals surface area contributed by atoms with E-state index in [1.165, 1.54) is 42.4 Å². The van der Waals surface area contributed by atoms with E-state index in [4.69, 9.17) is 9.47 Å². The predicted octanol–water partition coefficient (Wildman–Crippen LogP) is 2.32. The van der Waals surface area contributed by atoms with Gasteiger partial charge in [-0.05, 0) is 17.7 Å². The number of hydrogen-bond acceptors (Lipinski definition) is 7. The van der Waals surface area contributed by atoms with E-state index in [9.17, 15) is 23.2 Å². The van der Waals surface area contributed by atoms with Crippen LogP contribution in [0.3, 0.4) is 0 Å². The summed E-state index contributed by atoms with van der Waals surface area (Å²) >= 11 is 0. The Hall–Kier alpha value is -3.72. The van der Waals surface area contributed by atoms with E-state index in [1.54, 1.807) is 11.0 Å². The van der Waals surface area contributed by atoms with Crippen LogP contribution in [0.5, 0.6) is 5.75 Å². The van der Waals surface area contributed by atoms with Gasteiger partial charge in [0.15, 0.2) is 5.82 Å². The monoisotopic (exact) mass is 462 g/mol. The van der Waals surface area contributed by atoms with Crippen molar-refractivity contribution in [1.82, 2.24) is 20.1 Å². The number of urea groups is 1. The minimum Gasteiger partial charge on any atom is -0.497 e. The maximum absolute atomic E-state index is 14.7. The zero-order chi connectivity index (χ0) is 23.8. The van der Waals surface area contributed by atoms with Crippen LogP contribution in [0.4, 0.5) is 18.0 Å². The molecule has 0 spiro atoms. The molecule has 0 aromatic heterocycles. The second kappa shape index (κ2) is 8.32. The van der Waals surface area contributed by atoms with E-state index in [2.05, 4.69) is 11.7 Å². The first-order chi connectivity index (χ1) is 15.8. The van der Waals surface area contributed by atoms with E-state index in [0.29, 0.717) is 32.1 Å². The molecular formula is C21H21F3N6O3. The number of amides is 2. The number of fused-ring (bicyclic) bond motifs is 1. The number of carbonyl (C=O) groups excluding carboxylic acids is 1. The molecule has 1 aromatic carbocycles. The van der Waals surface area contributed by atoms with Crippen LogP contribution in [-0.4, -0.2) is 72.9 Å². The van der Waals surface area contributed by atoms with Crippen LogP contribution < -0.4 is 10.1 Å². The van der Waals surface area contributed by atoms with Crippen LogP contribution in [0.1, 0.15) is 5.56 Å². The fourth-order valence-corrected chi connectivity index (χ4v) is 4.09. The van der Waals surface area contributed by atoms with E-state index in [-0.39, 0.29) is 23.9 Å². The second-order valence-corrected chi connectivity index (χ2v) is 7.43. The third kappa shape index (κ3) is 3.45. The summed E-state index contributed by atoms with van der Waals surface area (Å²) in [5.74, 6) is 0.331. The maximum atomic E-state index is 14.7. The number of ether oxygens (including phenoxy) is 2. The Kier molecular flexibility index (Phi) is 5.67. The van der Waals surface area contributed by atoms with Gasteiger partial charge in [0.2, 0.25) is 11.5 Å². The zero-order valence-electron chi connectivity index (χ0n) is 17.7. The highest BCUT2D eigenvalue weighted by Crippen LogP contribution is 2.49. The first-order valence-corrected chi connectivity index (χ1v) is 10.1. The number of nitrogens with zero attached hydrogens (tertiary/aromatic N) is 5. The Bertz CT molecular complexity index is 1060. The van der Waals surface area contributed by atoms with E-state index < -0.39 is 23.3 Å². The van der Waals surface area contributed by atoms with Gasteiger partial charge in [0, 0.05) is 19.6 Å². The molecule has 0 bridgehead atoms. The van der Waals surface area contributed by atoms with Gasteiger partial charge in [-0.15, -0.1) is 11.7 Å². The lowest BCUT2D eigenvalue weighted by molar-refractivity contribution is -0.186. The van der Waals surface area contributed by atoms with Gasteiger partial charge in [-0.3, -0.25) is 4.90 Å². The molecular weight excluding hydrogens is 441 g/mol. The normalized spacial score (nSPS) is 23.1. The minimum absolute atomic E-state index is 0.0387. The molecule has 33 heavy (non-hydrogen) atoms. The Labute approximate surface area is 187 Å². The Morgan fingerprint density at radius 3 is 2.55 bits per heavy atom. The second-order valence-electron chi connectivity index (χ2n) is 7.43. The number of nitrogens with one attached hydrogen (secondary N) is 1. The average molecular weight is 462 g/mol. The molecule has 0 unspecified atom stereocenters. The molecule has 0 aliphatic carbocycles. The minimum atomic E-state index is -5.04. The van der Waals surface area contributed by atoms with Gasteiger partial charge in [-0.2, -0.15) is 23.4 Å². The molecule has 0 saturated carbocycles. The zero-order valence-corrected chi connectivity index (χ0v) is 17.7. The number of alkyl halides is 3. The first-order valence-electron chi connectivity index (χ1n) is 10.1.